The monoisotopic (exact) mass is 389 g/mol. The minimum atomic E-state index is -1.05. The van der Waals surface area contributed by atoms with Gasteiger partial charge < -0.3 is 10.4 Å². The van der Waals surface area contributed by atoms with Crippen LogP contribution in [0.5, 0.6) is 0 Å². The van der Waals surface area contributed by atoms with Gasteiger partial charge in [-0.2, -0.15) is 0 Å². The zero-order valence-corrected chi connectivity index (χ0v) is 16.8. The van der Waals surface area contributed by atoms with E-state index in [-0.39, 0.29) is 23.8 Å². The molecule has 0 amide bonds. The third-order valence-electron chi connectivity index (χ3n) is 6.22. The van der Waals surface area contributed by atoms with E-state index in [1.165, 1.54) is 17.7 Å². The molecule has 0 saturated carbocycles. The molecular formula is C26H28FNO. The minimum absolute atomic E-state index is 0.00423. The van der Waals surface area contributed by atoms with Crippen LogP contribution in [0.1, 0.15) is 55.0 Å². The first-order valence-electron chi connectivity index (χ1n) is 10.5. The molecule has 2 nitrogen and oxygen atoms in total. The molecule has 2 N–H and O–H groups in total. The van der Waals surface area contributed by atoms with E-state index in [0.29, 0.717) is 6.42 Å². The highest BCUT2D eigenvalue weighted by atomic mass is 19.1. The predicted molar refractivity (Wildman–Crippen MR) is 115 cm³/mol. The summed E-state index contributed by atoms with van der Waals surface area (Å²) < 4.78 is 13.6. The van der Waals surface area contributed by atoms with Crippen molar-refractivity contribution in [2.24, 2.45) is 5.92 Å². The molecule has 0 radical (unpaired) electrons. The zero-order chi connectivity index (χ0) is 20.3. The molecule has 0 bridgehead atoms. The van der Waals surface area contributed by atoms with Gasteiger partial charge in [-0.15, -0.1) is 0 Å². The van der Waals surface area contributed by atoms with Gasteiger partial charge >= 0.3 is 0 Å². The highest BCUT2D eigenvalue weighted by molar-refractivity contribution is 5.32. The number of halogens is 1. The van der Waals surface area contributed by atoms with Crippen molar-refractivity contribution in [2.45, 2.75) is 43.9 Å². The van der Waals surface area contributed by atoms with E-state index < -0.39 is 5.60 Å². The average molecular weight is 390 g/mol. The lowest BCUT2D eigenvalue weighted by Gasteiger charge is -2.49. The van der Waals surface area contributed by atoms with Crippen LogP contribution in [0.4, 0.5) is 4.39 Å². The second-order valence-corrected chi connectivity index (χ2v) is 8.05. The van der Waals surface area contributed by atoms with Crippen LogP contribution in [-0.2, 0) is 5.60 Å². The number of hydrogen-bond acceptors (Lipinski definition) is 2. The molecule has 0 aliphatic carbocycles. The Morgan fingerprint density at radius 1 is 0.897 bits per heavy atom. The van der Waals surface area contributed by atoms with Crippen LogP contribution < -0.4 is 5.32 Å². The summed E-state index contributed by atoms with van der Waals surface area (Å²) in [6.07, 6.45) is 2.40. The number of aliphatic hydroxyl groups is 1. The first-order chi connectivity index (χ1) is 14.1. The van der Waals surface area contributed by atoms with Gasteiger partial charge in [-0.25, -0.2) is 4.39 Å². The van der Waals surface area contributed by atoms with Crippen LogP contribution >= 0.6 is 0 Å². The summed E-state index contributed by atoms with van der Waals surface area (Å²) in [6, 6.07) is 27.0. The van der Waals surface area contributed by atoms with Gasteiger partial charge in [0.25, 0.3) is 0 Å². The Hall–Kier alpha value is -2.49. The molecule has 1 aliphatic heterocycles. The van der Waals surface area contributed by atoms with Gasteiger partial charge in [0.1, 0.15) is 5.82 Å². The quantitative estimate of drug-likeness (QED) is 0.569. The van der Waals surface area contributed by atoms with Gasteiger partial charge in [0.05, 0.1) is 5.60 Å². The van der Waals surface area contributed by atoms with E-state index >= 15 is 0 Å². The molecule has 1 heterocycles. The zero-order valence-electron chi connectivity index (χ0n) is 16.8. The third-order valence-corrected chi connectivity index (χ3v) is 6.22. The Labute approximate surface area is 172 Å². The number of piperidine rings is 1. The summed E-state index contributed by atoms with van der Waals surface area (Å²) in [4.78, 5) is 0. The van der Waals surface area contributed by atoms with Crippen molar-refractivity contribution in [3.63, 3.8) is 0 Å². The molecule has 1 saturated heterocycles. The molecule has 0 unspecified atom stereocenters. The number of rotatable bonds is 5. The molecule has 3 heteroatoms. The van der Waals surface area contributed by atoms with Crippen LogP contribution in [0.15, 0.2) is 84.9 Å². The number of nitrogens with one attached hydrogen (secondary N) is 1. The van der Waals surface area contributed by atoms with Crippen molar-refractivity contribution in [3.05, 3.63) is 107 Å². The Kier molecular flexibility index (Phi) is 5.79. The Bertz CT molecular complexity index is 912. The van der Waals surface area contributed by atoms with Gasteiger partial charge in [-0.3, -0.25) is 0 Å². The number of benzene rings is 3. The maximum Gasteiger partial charge on any atom is 0.123 e. The normalized spacial score (nSPS) is 26.9. The van der Waals surface area contributed by atoms with E-state index in [1.54, 1.807) is 12.1 Å². The molecule has 3 aromatic carbocycles. The van der Waals surface area contributed by atoms with E-state index in [4.69, 9.17) is 0 Å². The lowest BCUT2D eigenvalue weighted by Crippen LogP contribution is -2.51. The predicted octanol–water partition coefficient (Wildman–Crippen LogP) is 5.91. The second-order valence-electron chi connectivity index (χ2n) is 8.05. The molecule has 4 rings (SSSR count). The molecule has 0 spiro atoms. The van der Waals surface area contributed by atoms with Crippen molar-refractivity contribution >= 4 is 0 Å². The largest absolute Gasteiger partial charge is 0.385 e. The summed E-state index contributed by atoms with van der Waals surface area (Å²) in [7, 11) is 0. The fourth-order valence-electron chi connectivity index (χ4n) is 4.81. The van der Waals surface area contributed by atoms with Gasteiger partial charge in [-0.1, -0.05) is 86.1 Å². The Morgan fingerprint density at radius 3 is 2.07 bits per heavy atom. The van der Waals surface area contributed by atoms with Crippen LogP contribution in [-0.4, -0.2) is 5.11 Å². The van der Waals surface area contributed by atoms with E-state index in [9.17, 15) is 9.50 Å². The average Bonchev–Trinajstić information content (AvgIpc) is 2.77. The fraction of sp³-hybridized carbons (Fsp3) is 0.308. The summed E-state index contributed by atoms with van der Waals surface area (Å²) in [5.41, 5.74) is 2.08. The van der Waals surface area contributed by atoms with Crippen molar-refractivity contribution < 1.29 is 9.50 Å². The molecule has 0 aromatic heterocycles. The minimum Gasteiger partial charge on any atom is -0.385 e. The summed E-state index contributed by atoms with van der Waals surface area (Å²) in [6.45, 7) is 2.15. The van der Waals surface area contributed by atoms with Gasteiger partial charge in [-0.05, 0) is 35.2 Å². The number of hydrogen-bond donors (Lipinski definition) is 2. The third kappa shape index (κ3) is 3.98. The standard InChI is InChI=1S/C26H28FNO/c1-2-9-23-25(20-12-7-4-8-13-20)28-24(19-10-5-3-6-11-19)18-26(23,29)21-14-16-22(27)17-15-21/h3-8,10-17,23-25,28-29H,2,9,18H2,1H3/t23-,24+,25-,26+/m0/s1. The van der Waals surface area contributed by atoms with Gasteiger partial charge in [0.15, 0.2) is 0 Å². The lowest BCUT2D eigenvalue weighted by atomic mass is 9.66. The maximum atomic E-state index is 13.6. The molecular weight excluding hydrogens is 361 g/mol. The van der Waals surface area contributed by atoms with Gasteiger partial charge in [0, 0.05) is 24.4 Å². The van der Waals surface area contributed by atoms with Crippen molar-refractivity contribution in [3.8, 4) is 0 Å². The van der Waals surface area contributed by atoms with Gasteiger partial charge in [0.2, 0.25) is 0 Å². The van der Waals surface area contributed by atoms with Crippen molar-refractivity contribution in [1.82, 2.24) is 5.32 Å². The Morgan fingerprint density at radius 2 is 1.48 bits per heavy atom. The highest BCUT2D eigenvalue weighted by Gasteiger charge is 2.48. The molecule has 4 atom stereocenters. The molecule has 150 valence electrons. The van der Waals surface area contributed by atoms with Crippen molar-refractivity contribution in [1.29, 1.82) is 0 Å². The first-order valence-corrected chi connectivity index (χ1v) is 10.5. The second kappa shape index (κ2) is 8.48. The molecule has 1 aliphatic rings. The smallest absolute Gasteiger partial charge is 0.123 e. The van der Waals surface area contributed by atoms with Crippen LogP contribution in [0, 0.1) is 11.7 Å². The van der Waals surface area contributed by atoms with Crippen LogP contribution in [0.3, 0.4) is 0 Å². The summed E-state index contributed by atoms with van der Waals surface area (Å²) in [5, 5.41) is 15.9. The van der Waals surface area contributed by atoms with Crippen molar-refractivity contribution in [2.75, 3.05) is 0 Å². The molecule has 3 aromatic rings. The maximum absolute atomic E-state index is 13.6. The van der Waals surface area contributed by atoms with E-state index in [2.05, 4.69) is 36.5 Å². The Balaban J connectivity index is 1.82. The van der Waals surface area contributed by atoms with Crippen LogP contribution in [0.2, 0.25) is 0 Å². The van der Waals surface area contributed by atoms with Crippen LogP contribution in [0.25, 0.3) is 0 Å². The first kappa shape index (κ1) is 19.8. The summed E-state index contributed by atoms with van der Waals surface area (Å²) >= 11 is 0. The molecule has 29 heavy (non-hydrogen) atoms. The molecule has 1 fully saturated rings. The fourth-order valence-corrected chi connectivity index (χ4v) is 4.81. The highest BCUT2D eigenvalue weighted by Crippen LogP contribution is 2.50. The lowest BCUT2D eigenvalue weighted by molar-refractivity contribution is -0.0850. The topological polar surface area (TPSA) is 32.3 Å². The van der Waals surface area contributed by atoms with E-state index in [0.717, 1.165) is 24.0 Å². The summed E-state index contributed by atoms with van der Waals surface area (Å²) in [5.74, 6) is -0.294. The SMILES string of the molecule is CCC[C@H]1[C@H](c2ccccc2)N[C@@H](c2ccccc2)C[C@@]1(O)c1ccc(F)cc1. The van der Waals surface area contributed by atoms with E-state index in [1.807, 2.05) is 36.4 Å².